The van der Waals surface area contributed by atoms with Gasteiger partial charge in [0.05, 0.1) is 27.3 Å². The Morgan fingerprint density at radius 3 is 2.58 bits per heavy atom. The molecular formula is C14H21N2O3+. The van der Waals surface area contributed by atoms with Crippen LogP contribution < -0.4 is 19.7 Å². The summed E-state index contributed by atoms with van der Waals surface area (Å²) in [4.78, 5) is 12.7. The summed E-state index contributed by atoms with van der Waals surface area (Å²) in [6, 6.07) is 3.99. The Balaban J connectivity index is 2.17. The molecule has 2 rings (SSSR count). The summed E-state index contributed by atoms with van der Waals surface area (Å²) in [5, 5.41) is 2.85. The van der Waals surface area contributed by atoms with E-state index in [0.29, 0.717) is 6.54 Å². The number of piperazine rings is 1. The predicted molar refractivity (Wildman–Crippen MR) is 71.7 cm³/mol. The molecule has 5 heteroatoms. The molecule has 1 fully saturated rings. The highest BCUT2D eigenvalue weighted by Gasteiger charge is 2.21. The van der Waals surface area contributed by atoms with Crippen LogP contribution in [0.4, 0.5) is 0 Å². The minimum absolute atomic E-state index is 0.124. The van der Waals surface area contributed by atoms with Crippen LogP contribution in [0.3, 0.4) is 0 Å². The second-order valence-corrected chi connectivity index (χ2v) is 4.84. The molecule has 104 valence electrons. The zero-order valence-electron chi connectivity index (χ0n) is 11.7. The fourth-order valence-corrected chi connectivity index (χ4v) is 2.39. The van der Waals surface area contributed by atoms with Crippen molar-refractivity contribution in [2.75, 3.05) is 33.9 Å². The average molecular weight is 265 g/mol. The van der Waals surface area contributed by atoms with Crippen molar-refractivity contribution in [2.45, 2.75) is 13.5 Å². The van der Waals surface area contributed by atoms with Crippen molar-refractivity contribution in [1.82, 2.24) is 5.32 Å². The topological polar surface area (TPSA) is 52.0 Å². The molecule has 0 bridgehead atoms. The molecule has 0 spiro atoms. The van der Waals surface area contributed by atoms with E-state index in [2.05, 4.69) is 12.2 Å². The lowest BCUT2D eigenvalue weighted by molar-refractivity contribution is -0.907. The molecular weight excluding hydrogens is 244 g/mol. The maximum absolute atomic E-state index is 11.4. The van der Waals surface area contributed by atoms with E-state index < -0.39 is 0 Å². The summed E-state index contributed by atoms with van der Waals surface area (Å²) < 4.78 is 10.6. The molecule has 1 atom stereocenters. The quantitative estimate of drug-likeness (QED) is 0.774. The highest BCUT2D eigenvalue weighted by atomic mass is 16.5. The Morgan fingerprint density at radius 2 is 1.95 bits per heavy atom. The van der Waals surface area contributed by atoms with E-state index in [1.54, 1.807) is 14.2 Å². The molecule has 19 heavy (non-hydrogen) atoms. The second kappa shape index (κ2) is 5.93. The van der Waals surface area contributed by atoms with Gasteiger partial charge in [0.2, 0.25) is 0 Å². The zero-order chi connectivity index (χ0) is 13.8. The molecule has 1 saturated heterocycles. The van der Waals surface area contributed by atoms with Crippen LogP contribution in [-0.4, -0.2) is 39.8 Å². The number of carbonyl (C=O) groups excluding carboxylic acids is 1. The molecule has 1 aliphatic heterocycles. The van der Waals surface area contributed by atoms with Gasteiger partial charge in [0.1, 0.15) is 6.54 Å². The zero-order valence-corrected chi connectivity index (χ0v) is 11.7. The molecule has 1 aromatic carbocycles. The number of methoxy groups -OCH3 is 2. The molecule has 0 aliphatic carbocycles. The molecule has 0 aromatic heterocycles. The van der Waals surface area contributed by atoms with Crippen LogP contribution in [0.25, 0.3) is 0 Å². The summed E-state index contributed by atoms with van der Waals surface area (Å²) in [7, 11) is 3.27. The van der Waals surface area contributed by atoms with Gasteiger partial charge in [-0.3, -0.25) is 4.79 Å². The number of quaternary nitrogens is 1. The van der Waals surface area contributed by atoms with Crippen LogP contribution in [0.2, 0.25) is 0 Å². The first-order chi connectivity index (χ1) is 9.13. The summed E-state index contributed by atoms with van der Waals surface area (Å²) in [5.74, 6) is 1.61. The van der Waals surface area contributed by atoms with Crippen LogP contribution in [0, 0.1) is 6.92 Å². The lowest BCUT2D eigenvalue weighted by atomic mass is 10.1. The number of rotatable bonds is 4. The summed E-state index contributed by atoms with van der Waals surface area (Å²) in [5.41, 5.74) is 2.36. The van der Waals surface area contributed by atoms with Crippen LogP contribution >= 0.6 is 0 Å². The fourth-order valence-electron chi connectivity index (χ4n) is 2.39. The molecule has 1 aliphatic rings. The summed E-state index contributed by atoms with van der Waals surface area (Å²) in [6.07, 6.45) is 0. The van der Waals surface area contributed by atoms with Crippen LogP contribution in [0.5, 0.6) is 11.5 Å². The van der Waals surface area contributed by atoms with E-state index >= 15 is 0 Å². The molecule has 5 nitrogen and oxygen atoms in total. The maximum Gasteiger partial charge on any atom is 0.275 e. The summed E-state index contributed by atoms with van der Waals surface area (Å²) in [6.45, 7) is 5.13. The number of benzene rings is 1. The van der Waals surface area contributed by atoms with Crippen molar-refractivity contribution in [2.24, 2.45) is 0 Å². The lowest BCUT2D eigenvalue weighted by Crippen LogP contribution is -3.14. The second-order valence-electron chi connectivity index (χ2n) is 4.84. The first kappa shape index (κ1) is 13.7. The smallest absolute Gasteiger partial charge is 0.275 e. The van der Waals surface area contributed by atoms with E-state index in [1.165, 1.54) is 10.5 Å². The van der Waals surface area contributed by atoms with Crippen molar-refractivity contribution in [3.63, 3.8) is 0 Å². The Hall–Kier alpha value is -1.75. The number of hydrogen-bond donors (Lipinski definition) is 2. The third-order valence-corrected chi connectivity index (χ3v) is 3.49. The monoisotopic (exact) mass is 265 g/mol. The van der Waals surface area contributed by atoms with Crippen molar-refractivity contribution < 1.29 is 19.2 Å². The SMILES string of the molecule is COc1cc(C)c(C[NH+]2CCNC(=O)C2)cc1OC. The molecule has 0 saturated carbocycles. The van der Waals surface area contributed by atoms with E-state index in [-0.39, 0.29) is 5.91 Å². The molecule has 1 amide bonds. The Bertz CT molecular complexity index is 474. The van der Waals surface area contributed by atoms with E-state index in [4.69, 9.17) is 9.47 Å². The van der Waals surface area contributed by atoms with Crippen LogP contribution in [0.1, 0.15) is 11.1 Å². The number of ether oxygens (including phenoxy) is 2. The number of hydrogen-bond acceptors (Lipinski definition) is 3. The number of carbonyl (C=O) groups is 1. The van der Waals surface area contributed by atoms with Gasteiger partial charge in [0.25, 0.3) is 5.91 Å². The van der Waals surface area contributed by atoms with Crippen molar-refractivity contribution in [3.05, 3.63) is 23.3 Å². The molecule has 1 aromatic rings. The molecule has 0 radical (unpaired) electrons. The normalized spacial score (nSPS) is 18.9. The average Bonchev–Trinajstić information content (AvgIpc) is 2.40. The fraction of sp³-hybridized carbons (Fsp3) is 0.500. The highest BCUT2D eigenvalue weighted by molar-refractivity contribution is 5.77. The van der Waals surface area contributed by atoms with Gasteiger partial charge in [-0.1, -0.05) is 0 Å². The van der Waals surface area contributed by atoms with Crippen molar-refractivity contribution in [1.29, 1.82) is 0 Å². The van der Waals surface area contributed by atoms with Crippen molar-refractivity contribution >= 4 is 5.91 Å². The van der Waals surface area contributed by atoms with Gasteiger partial charge in [-0.2, -0.15) is 0 Å². The van der Waals surface area contributed by atoms with Gasteiger partial charge in [-0.15, -0.1) is 0 Å². The van der Waals surface area contributed by atoms with Gasteiger partial charge in [-0.25, -0.2) is 0 Å². The third kappa shape index (κ3) is 3.17. The van der Waals surface area contributed by atoms with E-state index in [9.17, 15) is 4.79 Å². The van der Waals surface area contributed by atoms with Gasteiger partial charge in [0, 0.05) is 5.56 Å². The molecule has 2 N–H and O–H groups in total. The standard InChI is InChI=1S/C14H20N2O3/c1-10-6-12(18-2)13(19-3)7-11(10)8-16-5-4-15-14(17)9-16/h6-7H,4-5,8-9H2,1-3H3,(H,15,17)/p+1. The maximum atomic E-state index is 11.4. The first-order valence-corrected chi connectivity index (χ1v) is 6.45. The van der Waals surface area contributed by atoms with Crippen molar-refractivity contribution in [3.8, 4) is 11.5 Å². The van der Waals surface area contributed by atoms with Gasteiger partial charge < -0.3 is 19.7 Å². The lowest BCUT2D eigenvalue weighted by Gasteiger charge is -2.24. The van der Waals surface area contributed by atoms with Crippen LogP contribution in [0.15, 0.2) is 12.1 Å². The Labute approximate surface area is 113 Å². The van der Waals surface area contributed by atoms with Gasteiger partial charge in [-0.05, 0) is 24.6 Å². The number of nitrogens with one attached hydrogen (secondary N) is 2. The van der Waals surface area contributed by atoms with E-state index in [1.807, 2.05) is 12.1 Å². The molecule has 1 unspecified atom stereocenters. The van der Waals surface area contributed by atoms with E-state index in [0.717, 1.165) is 36.7 Å². The van der Waals surface area contributed by atoms with Gasteiger partial charge in [0.15, 0.2) is 18.0 Å². The predicted octanol–water partition coefficient (Wildman–Crippen LogP) is -0.473. The molecule has 1 heterocycles. The first-order valence-electron chi connectivity index (χ1n) is 6.45. The summed E-state index contributed by atoms with van der Waals surface area (Å²) >= 11 is 0. The third-order valence-electron chi connectivity index (χ3n) is 3.49. The minimum Gasteiger partial charge on any atom is -0.493 e. The largest absolute Gasteiger partial charge is 0.493 e. The van der Waals surface area contributed by atoms with Gasteiger partial charge >= 0.3 is 0 Å². The number of aryl methyl sites for hydroxylation is 1. The van der Waals surface area contributed by atoms with Crippen LogP contribution in [-0.2, 0) is 11.3 Å². The Kier molecular flexibility index (Phi) is 4.27. The Morgan fingerprint density at radius 1 is 1.26 bits per heavy atom. The minimum atomic E-state index is 0.124. The highest BCUT2D eigenvalue weighted by Crippen LogP contribution is 2.29. The number of amides is 1.